The molecule has 98 valence electrons. The first-order chi connectivity index (χ1) is 7.38. The van der Waals surface area contributed by atoms with Crippen molar-refractivity contribution < 1.29 is 5.11 Å². The molecule has 0 saturated carbocycles. The van der Waals surface area contributed by atoms with Crippen LogP contribution >= 0.6 is 0 Å². The van der Waals surface area contributed by atoms with Crippen LogP contribution in [0.5, 0.6) is 0 Å². The Morgan fingerprint density at radius 1 is 1.12 bits per heavy atom. The number of hydrogen-bond acceptors (Lipinski definition) is 4. The summed E-state index contributed by atoms with van der Waals surface area (Å²) in [5.41, 5.74) is 6.12. The molecule has 0 aliphatic rings. The van der Waals surface area contributed by atoms with Gasteiger partial charge in [-0.15, -0.1) is 0 Å². The first-order valence-electron chi connectivity index (χ1n) is 6.09. The van der Waals surface area contributed by atoms with Gasteiger partial charge in [0.15, 0.2) is 0 Å². The third kappa shape index (κ3) is 6.43. The summed E-state index contributed by atoms with van der Waals surface area (Å²) < 4.78 is 0. The third-order valence-electron chi connectivity index (χ3n) is 2.89. The lowest BCUT2D eigenvalue weighted by Gasteiger charge is -2.32. The van der Waals surface area contributed by atoms with Gasteiger partial charge in [-0.25, -0.2) is 0 Å². The Bertz CT molecular complexity index is 174. The van der Waals surface area contributed by atoms with Gasteiger partial charge in [0, 0.05) is 25.2 Å². The van der Waals surface area contributed by atoms with Crippen LogP contribution in [0.2, 0.25) is 0 Å². The minimum Gasteiger partial charge on any atom is -0.395 e. The lowest BCUT2D eigenvalue weighted by atomic mass is 9.98. The fraction of sp³-hybridized carbons (Fsp3) is 1.00. The minimum atomic E-state index is 0.0529. The molecule has 2 atom stereocenters. The number of hydrogen-bond donors (Lipinski definition) is 2. The number of aliphatic hydroxyl groups is 1. The molecule has 0 aliphatic heterocycles. The molecule has 4 nitrogen and oxygen atoms in total. The highest BCUT2D eigenvalue weighted by Gasteiger charge is 2.22. The molecule has 2 unspecified atom stereocenters. The van der Waals surface area contributed by atoms with E-state index in [9.17, 15) is 5.11 Å². The summed E-state index contributed by atoms with van der Waals surface area (Å²) in [4.78, 5) is 4.30. The standard InChI is InChI=1S/C12H29N3O/c1-10(2)8-11(13)12(9-16)15(5)7-6-14(3)4/h10-12,16H,6-9,13H2,1-5H3. The Balaban J connectivity index is 4.13. The lowest BCUT2D eigenvalue weighted by molar-refractivity contribution is 0.113. The SMILES string of the molecule is CC(C)CC(N)C(CO)N(C)CCN(C)C. The van der Waals surface area contributed by atoms with Gasteiger partial charge >= 0.3 is 0 Å². The van der Waals surface area contributed by atoms with Crippen molar-refractivity contribution in [1.82, 2.24) is 9.80 Å². The largest absolute Gasteiger partial charge is 0.395 e. The quantitative estimate of drug-likeness (QED) is 0.627. The first-order valence-corrected chi connectivity index (χ1v) is 6.09. The molecule has 0 aliphatic carbocycles. The van der Waals surface area contributed by atoms with Crippen molar-refractivity contribution in [3.05, 3.63) is 0 Å². The van der Waals surface area contributed by atoms with Crippen molar-refractivity contribution in [2.75, 3.05) is 40.8 Å². The van der Waals surface area contributed by atoms with Gasteiger partial charge in [0.2, 0.25) is 0 Å². The van der Waals surface area contributed by atoms with Gasteiger partial charge in [0.25, 0.3) is 0 Å². The number of nitrogens with two attached hydrogens (primary N) is 1. The van der Waals surface area contributed by atoms with Crippen LogP contribution in [0.1, 0.15) is 20.3 Å². The fourth-order valence-corrected chi connectivity index (χ4v) is 1.83. The molecular weight excluding hydrogens is 202 g/mol. The lowest BCUT2D eigenvalue weighted by Crippen LogP contribution is -2.50. The van der Waals surface area contributed by atoms with Gasteiger partial charge in [-0.1, -0.05) is 13.8 Å². The van der Waals surface area contributed by atoms with Gasteiger partial charge < -0.3 is 15.7 Å². The molecule has 0 aromatic rings. The summed E-state index contributed by atoms with van der Waals surface area (Å²) in [6.45, 7) is 6.38. The third-order valence-corrected chi connectivity index (χ3v) is 2.89. The van der Waals surface area contributed by atoms with Crippen LogP contribution in [0.4, 0.5) is 0 Å². The molecule has 0 rings (SSSR count). The summed E-state index contributed by atoms with van der Waals surface area (Å²) in [5, 5.41) is 9.41. The first kappa shape index (κ1) is 15.8. The average molecular weight is 231 g/mol. The maximum absolute atomic E-state index is 9.41. The molecule has 4 heteroatoms. The molecule has 3 N–H and O–H groups in total. The Kier molecular flexibility index (Phi) is 7.93. The number of nitrogens with zero attached hydrogens (tertiary/aromatic N) is 2. The second-order valence-corrected chi connectivity index (χ2v) is 5.33. The molecular formula is C12H29N3O. The van der Waals surface area contributed by atoms with E-state index < -0.39 is 0 Å². The van der Waals surface area contributed by atoms with Crippen LogP contribution in [0, 0.1) is 5.92 Å². The van der Waals surface area contributed by atoms with Crippen LogP contribution in [-0.4, -0.2) is 67.8 Å². The number of rotatable bonds is 8. The molecule has 0 heterocycles. The van der Waals surface area contributed by atoms with E-state index in [1.54, 1.807) is 0 Å². The summed E-state index contributed by atoms with van der Waals surface area (Å²) in [6, 6.07) is 0.125. The van der Waals surface area contributed by atoms with E-state index in [2.05, 4.69) is 37.7 Å². The van der Waals surface area contributed by atoms with E-state index in [4.69, 9.17) is 5.73 Å². The highest BCUT2D eigenvalue weighted by Crippen LogP contribution is 2.10. The number of aliphatic hydroxyl groups excluding tert-OH is 1. The zero-order valence-electron chi connectivity index (χ0n) is 11.5. The maximum Gasteiger partial charge on any atom is 0.0601 e. The summed E-state index contributed by atoms with van der Waals surface area (Å²) >= 11 is 0. The normalized spacial score (nSPS) is 16.1. The topological polar surface area (TPSA) is 52.7 Å². The van der Waals surface area contributed by atoms with E-state index in [0.717, 1.165) is 19.5 Å². The van der Waals surface area contributed by atoms with Crippen LogP contribution in [0.3, 0.4) is 0 Å². The Morgan fingerprint density at radius 3 is 2.06 bits per heavy atom. The highest BCUT2D eigenvalue weighted by molar-refractivity contribution is 4.81. The van der Waals surface area contributed by atoms with Crippen molar-refractivity contribution in [1.29, 1.82) is 0 Å². The van der Waals surface area contributed by atoms with Gasteiger partial charge in [-0.2, -0.15) is 0 Å². The van der Waals surface area contributed by atoms with Crippen LogP contribution in [0.15, 0.2) is 0 Å². The predicted molar refractivity (Wildman–Crippen MR) is 69.5 cm³/mol. The molecule has 16 heavy (non-hydrogen) atoms. The van der Waals surface area contributed by atoms with Gasteiger partial charge in [0.05, 0.1) is 6.61 Å². The Labute approximate surface area is 100 Å². The number of likely N-dealkylation sites (N-methyl/N-ethyl adjacent to an activating group) is 2. The molecule has 0 fully saturated rings. The minimum absolute atomic E-state index is 0.0529. The smallest absolute Gasteiger partial charge is 0.0601 e. The second kappa shape index (κ2) is 8.01. The average Bonchev–Trinajstić information content (AvgIpc) is 2.14. The summed E-state index contributed by atoms with van der Waals surface area (Å²) in [7, 11) is 6.14. The maximum atomic E-state index is 9.41. The van der Waals surface area contributed by atoms with E-state index >= 15 is 0 Å². The fourth-order valence-electron chi connectivity index (χ4n) is 1.83. The van der Waals surface area contributed by atoms with Crippen molar-refractivity contribution in [3.63, 3.8) is 0 Å². The highest BCUT2D eigenvalue weighted by atomic mass is 16.3. The molecule has 0 spiro atoms. The molecule has 0 radical (unpaired) electrons. The van der Waals surface area contributed by atoms with Gasteiger partial charge in [0.1, 0.15) is 0 Å². The van der Waals surface area contributed by atoms with Crippen LogP contribution in [-0.2, 0) is 0 Å². The van der Waals surface area contributed by atoms with Crippen molar-refractivity contribution in [2.24, 2.45) is 11.7 Å². The zero-order valence-corrected chi connectivity index (χ0v) is 11.5. The molecule has 0 bridgehead atoms. The van der Waals surface area contributed by atoms with Crippen molar-refractivity contribution in [2.45, 2.75) is 32.4 Å². The molecule has 0 saturated heterocycles. The Morgan fingerprint density at radius 2 is 1.69 bits per heavy atom. The van der Waals surface area contributed by atoms with Crippen molar-refractivity contribution >= 4 is 0 Å². The molecule has 0 aromatic heterocycles. The van der Waals surface area contributed by atoms with Crippen LogP contribution in [0.25, 0.3) is 0 Å². The van der Waals surface area contributed by atoms with Gasteiger partial charge in [-0.05, 0) is 33.5 Å². The van der Waals surface area contributed by atoms with E-state index in [1.165, 1.54) is 0 Å². The van der Waals surface area contributed by atoms with E-state index in [0.29, 0.717) is 5.92 Å². The van der Waals surface area contributed by atoms with E-state index in [-0.39, 0.29) is 18.7 Å². The predicted octanol–water partition coefficient (Wildman–Crippen LogP) is 0.214. The molecule has 0 aromatic carbocycles. The second-order valence-electron chi connectivity index (χ2n) is 5.33. The molecule has 0 amide bonds. The zero-order chi connectivity index (χ0) is 12.7. The van der Waals surface area contributed by atoms with Gasteiger partial charge in [-0.3, -0.25) is 4.90 Å². The summed E-state index contributed by atoms with van der Waals surface area (Å²) in [6.07, 6.45) is 0.956. The van der Waals surface area contributed by atoms with Crippen LogP contribution < -0.4 is 5.73 Å². The van der Waals surface area contributed by atoms with Crippen molar-refractivity contribution in [3.8, 4) is 0 Å². The summed E-state index contributed by atoms with van der Waals surface area (Å²) in [5.74, 6) is 0.575. The monoisotopic (exact) mass is 231 g/mol. The Hall–Kier alpha value is -0.160. The van der Waals surface area contributed by atoms with E-state index in [1.807, 2.05) is 7.05 Å².